The van der Waals surface area contributed by atoms with Gasteiger partial charge in [0.15, 0.2) is 5.96 Å². The maximum atomic E-state index is 4.30. The third kappa shape index (κ3) is 5.25. The Kier molecular flexibility index (Phi) is 6.25. The second-order valence-electron chi connectivity index (χ2n) is 5.93. The summed E-state index contributed by atoms with van der Waals surface area (Å²) in [5.41, 5.74) is 0. The van der Waals surface area contributed by atoms with Gasteiger partial charge < -0.3 is 10.6 Å². The number of hydrogen-bond donors (Lipinski definition) is 2. The Morgan fingerprint density at radius 1 is 1.16 bits per heavy atom. The fourth-order valence-corrected chi connectivity index (χ4v) is 3.20. The van der Waals surface area contributed by atoms with E-state index in [-0.39, 0.29) is 0 Å². The highest BCUT2D eigenvalue weighted by Gasteiger charge is 2.13. The maximum Gasteiger partial charge on any atom is 0.191 e. The average molecular weight is 263 g/mol. The molecule has 3 heteroatoms. The van der Waals surface area contributed by atoms with Crippen LogP contribution in [0, 0.1) is 5.92 Å². The zero-order chi connectivity index (χ0) is 13.3. The molecule has 0 amide bonds. The highest BCUT2D eigenvalue weighted by Crippen LogP contribution is 2.26. The molecule has 2 aliphatic carbocycles. The number of guanidine groups is 1. The summed E-state index contributed by atoms with van der Waals surface area (Å²) in [6.07, 6.45) is 16.7. The van der Waals surface area contributed by atoms with Crippen LogP contribution in [0.4, 0.5) is 0 Å². The van der Waals surface area contributed by atoms with E-state index in [4.69, 9.17) is 0 Å². The van der Waals surface area contributed by atoms with E-state index in [1.54, 1.807) is 0 Å². The van der Waals surface area contributed by atoms with Gasteiger partial charge in [0.25, 0.3) is 0 Å². The van der Waals surface area contributed by atoms with E-state index < -0.39 is 0 Å². The zero-order valence-corrected chi connectivity index (χ0v) is 12.3. The van der Waals surface area contributed by atoms with Crippen molar-refractivity contribution in [3.8, 4) is 0 Å². The molecule has 0 bridgehead atoms. The minimum Gasteiger partial charge on any atom is -0.356 e. The fourth-order valence-electron chi connectivity index (χ4n) is 3.20. The van der Waals surface area contributed by atoms with Gasteiger partial charge in [0.1, 0.15) is 0 Å². The van der Waals surface area contributed by atoms with Crippen LogP contribution in [0.2, 0.25) is 0 Å². The molecule has 0 unspecified atom stereocenters. The lowest BCUT2D eigenvalue weighted by Gasteiger charge is -2.22. The lowest BCUT2D eigenvalue weighted by atomic mass is 9.86. The highest BCUT2D eigenvalue weighted by atomic mass is 15.2. The molecule has 2 rings (SSSR count). The SMILES string of the molecule is CN=C(NCCCC1CCCCC1)NC1CC=CC1. The number of nitrogens with one attached hydrogen (secondary N) is 2. The van der Waals surface area contributed by atoms with Crippen LogP contribution in [0.3, 0.4) is 0 Å². The molecule has 3 nitrogen and oxygen atoms in total. The molecule has 0 aromatic heterocycles. The van der Waals surface area contributed by atoms with Crippen molar-refractivity contribution in [2.75, 3.05) is 13.6 Å². The van der Waals surface area contributed by atoms with E-state index in [1.807, 2.05) is 7.05 Å². The van der Waals surface area contributed by atoms with Crippen molar-refractivity contribution >= 4 is 5.96 Å². The molecule has 0 spiro atoms. The molecule has 0 atom stereocenters. The predicted octanol–water partition coefficient (Wildman–Crippen LogP) is 3.23. The van der Waals surface area contributed by atoms with E-state index in [0.29, 0.717) is 6.04 Å². The quantitative estimate of drug-likeness (QED) is 0.346. The molecule has 108 valence electrons. The monoisotopic (exact) mass is 263 g/mol. The second kappa shape index (κ2) is 8.23. The summed E-state index contributed by atoms with van der Waals surface area (Å²) >= 11 is 0. The van der Waals surface area contributed by atoms with Gasteiger partial charge in [0.05, 0.1) is 0 Å². The van der Waals surface area contributed by atoms with Gasteiger partial charge >= 0.3 is 0 Å². The van der Waals surface area contributed by atoms with Crippen molar-refractivity contribution in [2.45, 2.75) is 63.8 Å². The van der Waals surface area contributed by atoms with E-state index >= 15 is 0 Å². The maximum absolute atomic E-state index is 4.30. The van der Waals surface area contributed by atoms with Gasteiger partial charge in [-0.3, -0.25) is 4.99 Å². The van der Waals surface area contributed by atoms with Crippen LogP contribution in [0.1, 0.15) is 57.8 Å². The Hall–Kier alpha value is -0.990. The normalized spacial score (nSPS) is 21.8. The molecule has 0 radical (unpaired) electrons. The Balaban J connectivity index is 1.55. The first-order valence-electron chi connectivity index (χ1n) is 8.00. The first kappa shape index (κ1) is 14.4. The molecule has 19 heavy (non-hydrogen) atoms. The van der Waals surface area contributed by atoms with Crippen LogP contribution in [-0.2, 0) is 0 Å². The number of nitrogens with zero attached hydrogens (tertiary/aromatic N) is 1. The van der Waals surface area contributed by atoms with Gasteiger partial charge in [-0.05, 0) is 31.6 Å². The van der Waals surface area contributed by atoms with Crippen molar-refractivity contribution in [1.82, 2.24) is 10.6 Å². The predicted molar refractivity (Wildman–Crippen MR) is 82.5 cm³/mol. The third-order valence-corrected chi connectivity index (χ3v) is 4.38. The van der Waals surface area contributed by atoms with Crippen molar-refractivity contribution in [3.63, 3.8) is 0 Å². The van der Waals surface area contributed by atoms with Crippen molar-refractivity contribution in [2.24, 2.45) is 10.9 Å². The van der Waals surface area contributed by atoms with Crippen LogP contribution < -0.4 is 10.6 Å². The first-order valence-corrected chi connectivity index (χ1v) is 8.00. The smallest absolute Gasteiger partial charge is 0.191 e. The molecule has 2 N–H and O–H groups in total. The lowest BCUT2D eigenvalue weighted by Crippen LogP contribution is -2.42. The summed E-state index contributed by atoms with van der Waals surface area (Å²) in [5.74, 6) is 1.96. The van der Waals surface area contributed by atoms with Crippen LogP contribution in [0.15, 0.2) is 17.1 Å². The van der Waals surface area contributed by atoms with E-state index in [9.17, 15) is 0 Å². The van der Waals surface area contributed by atoms with E-state index in [1.165, 1.54) is 44.9 Å². The fraction of sp³-hybridized carbons (Fsp3) is 0.812. The minimum absolute atomic E-state index is 0.546. The minimum atomic E-state index is 0.546. The summed E-state index contributed by atoms with van der Waals surface area (Å²) in [7, 11) is 1.86. The second-order valence-corrected chi connectivity index (χ2v) is 5.93. The summed E-state index contributed by atoms with van der Waals surface area (Å²) in [4.78, 5) is 4.30. The largest absolute Gasteiger partial charge is 0.356 e. The van der Waals surface area contributed by atoms with Crippen LogP contribution in [0.5, 0.6) is 0 Å². The number of rotatable bonds is 5. The molecule has 0 aliphatic heterocycles. The molecule has 0 aromatic carbocycles. The number of hydrogen-bond acceptors (Lipinski definition) is 1. The van der Waals surface area contributed by atoms with Crippen LogP contribution >= 0.6 is 0 Å². The van der Waals surface area contributed by atoms with Crippen molar-refractivity contribution in [3.05, 3.63) is 12.2 Å². The number of aliphatic imine (C=N–C) groups is 1. The summed E-state index contributed by atoms with van der Waals surface area (Å²) < 4.78 is 0. The Bertz CT molecular complexity index is 295. The van der Waals surface area contributed by atoms with Gasteiger partial charge in [-0.25, -0.2) is 0 Å². The molecule has 1 fully saturated rings. The first-order chi connectivity index (χ1) is 9.38. The van der Waals surface area contributed by atoms with E-state index in [2.05, 4.69) is 27.8 Å². The van der Waals surface area contributed by atoms with Crippen molar-refractivity contribution in [1.29, 1.82) is 0 Å². The van der Waals surface area contributed by atoms with Crippen LogP contribution in [-0.4, -0.2) is 25.6 Å². The average Bonchev–Trinajstić information content (AvgIpc) is 2.96. The topological polar surface area (TPSA) is 36.4 Å². The summed E-state index contributed by atoms with van der Waals surface area (Å²) in [6, 6.07) is 0.546. The van der Waals surface area contributed by atoms with Gasteiger partial charge in [0, 0.05) is 19.6 Å². The Morgan fingerprint density at radius 3 is 2.58 bits per heavy atom. The molecule has 1 saturated carbocycles. The molecule has 0 saturated heterocycles. The van der Waals surface area contributed by atoms with Crippen molar-refractivity contribution < 1.29 is 0 Å². The van der Waals surface area contributed by atoms with Gasteiger partial charge in [0.2, 0.25) is 0 Å². The molecular weight excluding hydrogens is 234 g/mol. The highest BCUT2D eigenvalue weighted by molar-refractivity contribution is 5.80. The third-order valence-electron chi connectivity index (χ3n) is 4.38. The molecular formula is C16H29N3. The lowest BCUT2D eigenvalue weighted by molar-refractivity contribution is 0.332. The van der Waals surface area contributed by atoms with E-state index in [0.717, 1.165) is 31.3 Å². The summed E-state index contributed by atoms with van der Waals surface area (Å²) in [6.45, 7) is 1.05. The molecule has 0 heterocycles. The Morgan fingerprint density at radius 2 is 1.89 bits per heavy atom. The molecule has 2 aliphatic rings. The van der Waals surface area contributed by atoms with Gasteiger partial charge in [-0.1, -0.05) is 44.3 Å². The van der Waals surface area contributed by atoms with Crippen LogP contribution in [0.25, 0.3) is 0 Å². The Labute approximate surface area is 118 Å². The standard InChI is InChI=1S/C16H29N3/c1-17-16(19-15-11-5-6-12-15)18-13-7-10-14-8-3-2-4-9-14/h5-6,14-15H,2-4,7-13H2,1H3,(H2,17,18,19). The summed E-state index contributed by atoms with van der Waals surface area (Å²) in [5, 5.41) is 6.93. The van der Waals surface area contributed by atoms with Gasteiger partial charge in [-0.2, -0.15) is 0 Å². The zero-order valence-electron chi connectivity index (χ0n) is 12.3. The van der Waals surface area contributed by atoms with Gasteiger partial charge in [-0.15, -0.1) is 0 Å². The molecule has 0 aromatic rings.